The van der Waals surface area contributed by atoms with Gasteiger partial charge in [-0.3, -0.25) is 0 Å². The van der Waals surface area contributed by atoms with E-state index < -0.39 is 37.3 Å². The van der Waals surface area contributed by atoms with Crippen molar-refractivity contribution in [3.8, 4) is 0 Å². The first kappa shape index (κ1) is 16.3. The molecule has 1 radical (unpaired) electrons. The lowest BCUT2D eigenvalue weighted by atomic mass is 10.3. The molecule has 103 valence electrons. The maximum absolute atomic E-state index is 12.1. The third kappa shape index (κ3) is 4.21. The van der Waals surface area contributed by atoms with E-state index in [1.165, 1.54) is 0 Å². The van der Waals surface area contributed by atoms with Gasteiger partial charge in [-0.2, -0.15) is 43.9 Å². The summed E-state index contributed by atoms with van der Waals surface area (Å²) in [6.07, 6.45) is -12.1. The first-order chi connectivity index (χ1) is 7.21. The van der Waals surface area contributed by atoms with Crippen molar-refractivity contribution in [2.75, 3.05) is 13.1 Å². The zero-order valence-electron chi connectivity index (χ0n) is 7.64. The summed E-state index contributed by atoms with van der Waals surface area (Å²) in [5, 5.41) is 1.91. The molecule has 0 heterocycles. The van der Waals surface area contributed by atoms with Crippen LogP contribution in [0.4, 0.5) is 43.9 Å². The van der Waals surface area contributed by atoms with Crippen LogP contribution in [0.15, 0.2) is 0 Å². The van der Waals surface area contributed by atoms with E-state index in [0.29, 0.717) is 0 Å². The first-order valence-electron chi connectivity index (χ1n) is 3.73. The first-order valence-corrected chi connectivity index (χ1v) is 3.73. The average molecular weight is 280 g/mol. The molecule has 0 bridgehead atoms. The van der Waals surface area contributed by atoms with Gasteiger partial charge in [-0.1, -0.05) is 0 Å². The van der Waals surface area contributed by atoms with Crippen molar-refractivity contribution in [3.05, 3.63) is 0 Å². The summed E-state index contributed by atoms with van der Waals surface area (Å²) >= 11 is 0. The summed E-state index contributed by atoms with van der Waals surface area (Å²) in [7, 11) is 0. The lowest BCUT2D eigenvalue weighted by Gasteiger charge is -2.22. The van der Waals surface area contributed by atoms with Crippen molar-refractivity contribution in [1.82, 2.24) is 5.32 Å². The van der Waals surface area contributed by atoms with Crippen LogP contribution >= 0.6 is 0 Å². The Morgan fingerprint density at radius 2 is 0.765 bits per heavy atom. The van der Waals surface area contributed by atoms with Gasteiger partial charge < -0.3 is 0 Å². The van der Waals surface area contributed by atoms with Crippen molar-refractivity contribution >= 4 is 0 Å². The maximum atomic E-state index is 12.1. The molecule has 0 amide bonds. The van der Waals surface area contributed by atoms with Gasteiger partial charge in [0.25, 0.3) is 0 Å². The monoisotopic (exact) mass is 280 g/mol. The van der Waals surface area contributed by atoms with Crippen LogP contribution in [0.2, 0.25) is 0 Å². The third-order valence-corrected chi connectivity index (χ3v) is 1.45. The highest BCUT2D eigenvalue weighted by Crippen LogP contribution is 2.37. The molecular weight excluding hydrogens is 276 g/mol. The fraction of sp³-hybridized carbons (Fsp3) is 1.00. The molecule has 0 unspecified atom stereocenters. The van der Waals surface area contributed by atoms with Crippen LogP contribution in [0.5, 0.6) is 0 Å². The summed E-state index contributed by atoms with van der Waals surface area (Å²) < 4.78 is 117. The fourth-order valence-corrected chi connectivity index (χ4v) is 0.516. The Morgan fingerprint density at radius 1 is 0.529 bits per heavy atom. The van der Waals surface area contributed by atoms with E-state index in [-0.39, 0.29) is 0 Å². The molecule has 0 atom stereocenters. The Morgan fingerprint density at radius 3 is 0.941 bits per heavy atom. The highest BCUT2D eigenvalue weighted by Gasteiger charge is 2.60. The highest BCUT2D eigenvalue weighted by molar-refractivity contribution is 4.82. The number of rotatable bonds is 4. The van der Waals surface area contributed by atoms with Gasteiger partial charge >= 0.3 is 24.2 Å². The predicted octanol–water partition coefficient (Wildman–Crippen LogP) is 2.99. The van der Waals surface area contributed by atoms with E-state index in [1.807, 2.05) is 5.32 Å². The van der Waals surface area contributed by atoms with Crippen LogP contribution in [-0.4, -0.2) is 37.3 Å². The topological polar surface area (TPSA) is 14.1 Å². The summed E-state index contributed by atoms with van der Waals surface area (Å²) in [5.74, 6) is -10.9. The molecule has 0 saturated heterocycles. The number of halogens is 10. The number of nitrogens with zero attached hydrogens (tertiary/aromatic N) is 1. The Labute approximate surface area is 87.8 Å². The SMILES string of the molecule is FC(F)(F)C(F)(F)C[N]CC(F)(F)C(F)(F)F. The molecule has 11 heteroatoms. The van der Waals surface area contributed by atoms with Crippen LogP contribution in [0.25, 0.3) is 0 Å². The molecular formula is C6H4F10N. The Bertz CT molecular complexity index is 225. The van der Waals surface area contributed by atoms with Gasteiger partial charge in [-0.15, -0.1) is 0 Å². The van der Waals surface area contributed by atoms with E-state index in [1.54, 1.807) is 0 Å². The molecule has 0 aliphatic carbocycles. The molecule has 0 aromatic heterocycles. The van der Waals surface area contributed by atoms with Crippen LogP contribution in [-0.2, 0) is 0 Å². The molecule has 1 nitrogen and oxygen atoms in total. The van der Waals surface area contributed by atoms with Gasteiger partial charge in [0.2, 0.25) is 0 Å². The summed E-state index contributed by atoms with van der Waals surface area (Å²) in [5.41, 5.74) is 0. The smallest absolute Gasteiger partial charge is 0.229 e. The maximum Gasteiger partial charge on any atom is 0.454 e. The van der Waals surface area contributed by atoms with Crippen molar-refractivity contribution in [2.24, 2.45) is 0 Å². The molecule has 0 saturated carbocycles. The van der Waals surface area contributed by atoms with Crippen molar-refractivity contribution in [1.29, 1.82) is 0 Å². The van der Waals surface area contributed by atoms with Gasteiger partial charge in [0, 0.05) is 0 Å². The highest BCUT2D eigenvalue weighted by atomic mass is 19.4. The zero-order valence-corrected chi connectivity index (χ0v) is 7.64. The lowest BCUT2D eigenvalue weighted by molar-refractivity contribution is -0.289. The minimum Gasteiger partial charge on any atom is -0.229 e. The quantitative estimate of drug-likeness (QED) is 0.703. The van der Waals surface area contributed by atoms with Crippen molar-refractivity contribution in [2.45, 2.75) is 24.2 Å². The molecule has 0 aromatic carbocycles. The van der Waals surface area contributed by atoms with Gasteiger partial charge in [0.15, 0.2) is 0 Å². The van der Waals surface area contributed by atoms with E-state index in [2.05, 4.69) is 0 Å². The van der Waals surface area contributed by atoms with Gasteiger partial charge in [0.1, 0.15) is 0 Å². The molecule has 17 heavy (non-hydrogen) atoms. The number of hydrogen-bond donors (Lipinski definition) is 0. The minimum atomic E-state index is -6.05. The summed E-state index contributed by atoms with van der Waals surface area (Å²) in [6, 6.07) is 0. The standard InChI is InChI=1S/C6H4F10N/c7-3(8,5(11,12)13)1-17-2-4(9,10)6(14,15)16/h1-2H2. The fourth-order valence-electron chi connectivity index (χ4n) is 0.516. The van der Waals surface area contributed by atoms with Crippen molar-refractivity contribution < 1.29 is 43.9 Å². The van der Waals surface area contributed by atoms with E-state index in [9.17, 15) is 43.9 Å². The van der Waals surface area contributed by atoms with Gasteiger partial charge in [-0.25, -0.2) is 5.32 Å². The summed E-state index contributed by atoms with van der Waals surface area (Å²) in [6.45, 7) is -4.97. The normalized spacial score (nSPS) is 15.2. The molecule has 0 aliphatic rings. The average Bonchev–Trinajstić information content (AvgIpc) is 1.98. The third-order valence-electron chi connectivity index (χ3n) is 1.45. The van der Waals surface area contributed by atoms with Crippen LogP contribution in [0, 0.1) is 0 Å². The van der Waals surface area contributed by atoms with E-state index in [4.69, 9.17) is 0 Å². The Kier molecular flexibility index (Phi) is 4.30. The second-order valence-corrected chi connectivity index (χ2v) is 2.94. The molecule has 0 fully saturated rings. The minimum absolute atomic E-state index is 1.91. The van der Waals surface area contributed by atoms with Crippen LogP contribution in [0.3, 0.4) is 0 Å². The zero-order chi connectivity index (χ0) is 14.1. The largest absolute Gasteiger partial charge is 0.454 e. The Hall–Kier alpha value is -0.740. The predicted molar refractivity (Wildman–Crippen MR) is 33.9 cm³/mol. The second-order valence-electron chi connectivity index (χ2n) is 2.94. The molecule has 0 aromatic rings. The molecule has 0 rings (SSSR count). The molecule has 0 aliphatic heterocycles. The van der Waals surface area contributed by atoms with Crippen molar-refractivity contribution in [3.63, 3.8) is 0 Å². The van der Waals surface area contributed by atoms with E-state index in [0.717, 1.165) is 0 Å². The molecule has 0 N–H and O–H groups in total. The molecule has 0 spiro atoms. The number of hydrogen-bond acceptors (Lipinski definition) is 0. The Balaban J connectivity index is 4.36. The van der Waals surface area contributed by atoms with Crippen LogP contribution < -0.4 is 5.32 Å². The lowest BCUT2D eigenvalue weighted by Crippen LogP contribution is -2.48. The summed E-state index contributed by atoms with van der Waals surface area (Å²) in [4.78, 5) is 0. The van der Waals surface area contributed by atoms with Crippen LogP contribution in [0.1, 0.15) is 0 Å². The second kappa shape index (κ2) is 4.50. The van der Waals surface area contributed by atoms with E-state index >= 15 is 0 Å². The number of alkyl halides is 10. The van der Waals surface area contributed by atoms with Gasteiger partial charge in [0.05, 0.1) is 13.1 Å². The van der Waals surface area contributed by atoms with Gasteiger partial charge in [-0.05, 0) is 0 Å².